The van der Waals surface area contributed by atoms with Crippen molar-refractivity contribution in [3.05, 3.63) is 80.5 Å². The minimum absolute atomic E-state index is 0.159. The minimum Gasteiger partial charge on any atom is -0.508 e. The van der Waals surface area contributed by atoms with Gasteiger partial charge in [-0.15, -0.1) is 0 Å². The Morgan fingerprint density at radius 1 is 1.14 bits per heavy atom. The maximum atomic E-state index is 13.2. The molecule has 0 aliphatic heterocycles. The lowest BCUT2D eigenvalue weighted by atomic mass is 10.1. The summed E-state index contributed by atoms with van der Waals surface area (Å²) in [4.78, 5) is 27.3. The van der Waals surface area contributed by atoms with Crippen LogP contribution in [0.25, 0.3) is 21.8 Å². The highest BCUT2D eigenvalue weighted by Crippen LogP contribution is 2.31. The fraction of sp³-hybridized carbons (Fsp3) is 0.0952. The third-order valence-electron chi connectivity index (χ3n) is 4.76. The van der Waals surface area contributed by atoms with E-state index in [0.29, 0.717) is 28.9 Å². The van der Waals surface area contributed by atoms with Crippen LogP contribution in [0.15, 0.2) is 59.4 Å². The van der Waals surface area contributed by atoms with Gasteiger partial charge in [0, 0.05) is 23.7 Å². The van der Waals surface area contributed by atoms with Crippen LogP contribution in [0.3, 0.4) is 0 Å². The van der Waals surface area contributed by atoms with Gasteiger partial charge >= 0.3 is 0 Å². The third kappa shape index (κ3) is 3.31. The molecule has 8 nitrogen and oxygen atoms in total. The highest BCUT2D eigenvalue weighted by molar-refractivity contribution is 6.03. The second kappa shape index (κ2) is 7.16. The fourth-order valence-corrected chi connectivity index (χ4v) is 3.28. The Labute approximate surface area is 164 Å². The van der Waals surface area contributed by atoms with Gasteiger partial charge in [0.15, 0.2) is 5.43 Å². The number of nitrogens with one attached hydrogen (secondary N) is 2. The lowest BCUT2D eigenvalue weighted by Gasteiger charge is -2.12. The highest BCUT2D eigenvalue weighted by atomic mass is 16.6. The van der Waals surface area contributed by atoms with Crippen molar-refractivity contribution in [3.8, 4) is 11.5 Å². The summed E-state index contributed by atoms with van der Waals surface area (Å²) in [6.07, 6.45) is 0. The number of non-ortho nitro benzene ring substituents is 1. The first-order chi connectivity index (χ1) is 14.0. The van der Waals surface area contributed by atoms with E-state index in [2.05, 4.69) is 10.3 Å². The number of nitro groups is 1. The Balaban J connectivity index is 1.90. The fourth-order valence-electron chi connectivity index (χ4n) is 3.28. The molecule has 146 valence electrons. The topological polar surface area (TPSA) is 117 Å². The van der Waals surface area contributed by atoms with Crippen molar-refractivity contribution in [2.75, 3.05) is 12.4 Å². The van der Waals surface area contributed by atoms with Crippen molar-refractivity contribution in [1.82, 2.24) is 4.98 Å². The molecular weight excluding hydrogens is 374 g/mol. The van der Waals surface area contributed by atoms with Crippen LogP contribution >= 0.6 is 0 Å². The number of hydrogen-bond acceptors (Lipinski definition) is 6. The van der Waals surface area contributed by atoms with Crippen LogP contribution in [0, 0.1) is 10.1 Å². The molecule has 0 aliphatic carbocycles. The maximum Gasteiger partial charge on any atom is 0.293 e. The van der Waals surface area contributed by atoms with Crippen LogP contribution in [-0.2, 0) is 6.54 Å². The first-order valence-electron chi connectivity index (χ1n) is 8.81. The SMILES string of the molecule is COc1ccc2[nH]c3c([N+](=O)[O-])ccc(NCc4ccc(O)cc4)c3c(=O)c2c1. The van der Waals surface area contributed by atoms with Gasteiger partial charge < -0.3 is 20.1 Å². The largest absolute Gasteiger partial charge is 0.508 e. The molecule has 1 aromatic heterocycles. The van der Waals surface area contributed by atoms with Crippen molar-refractivity contribution < 1.29 is 14.8 Å². The van der Waals surface area contributed by atoms with Crippen molar-refractivity contribution in [2.45, 2.75) is 6.54 Å². The first kappa shape index (κ1) is 18.3. The van der Waals surface area contributed by atoms with E-state index in [1.165, 1.54) is 19.2 Å². The Morgan fingerprint density at radius 3 is 2.59 bits per heavy atom. The number of pyridine rings is 1. The van der Waals surface area contributed by atoms with Crippen LogP contribution in [0.4, 0.5) is 11.4 Å². The number of phenols is 1. The number of H-pyrrole nitrogens is 1. The standard InChI is InChI=1S/C21H17N3O5/c1-29-14-6-7-16-15(10-14)21(26)19-17(8-9-18(24(27)28)20(19)23-16)22-11-12-2-4-13(25)5-3-12/h2-10,22,25H,11H2,1H3,(H,23,26). The number of hydrogen-bond donors (Lipinski definition) is 3. The number of phenolic OH excluding ortho intramolecular Hbond substituents is 1. The van der Waals surface area contributed by atoms with Crippen LogP contribution in [0.5, 0.6) is 11.5 Å². The number of aromatic hydroxyl groups is 1. The van der Waals surface area contributed by atoms with Gasteiger partial charge in [-0.3, -0.25) is 14.9 Å². The van der Waals surface area contributed by atoms with E-state index < -0.39 is 4.92 Å². The average Bonchev–Trinajstić information content (AvgIpc) is 2.72. The molecule has 0 saturated heterocycles. The van der Waals surface area contributed by atoms with Crippen molar-refractivity contribution in [3.63, 3.8) is 0 Å². The molecule has 4 aromatic rings. The molecule has 0 saturated carbocycles. The molecular formula is C21H17N3O5. The van der Waals surface area contributed by atoms with Gasteiger partial charge in [-0.2, -0.15) is 0 Å². The molecule has 0 aliphatic rings. The van der Waals surface area contributed by atoms with Crippen LogP contribution in [0.2, 0.25) is 0 Å². The van der Waals surface area contributed by atoms with Crippen molar-refractivity contribution in [1.29, 1.82) is 0 Å². The Hall–Kier alpha value is -4.07. The Kier molecular flexibility index (Phi) is 4.52. The lowest BCUT2D eigenvalue weighted by Crippen LogP contribution is -2.10. The van der Waals surface area contributed by atoms with E-state index in [-0.39, 0.29) is 27.8 Å². The quantitative estimate of drug-likeness (QED) is 0.270. The van der Waals surface area contributed by atoms with E-state index in [0.717, 1.165) is 5.56 Å². The third-order valence-corrected chi connectivity index (χ3v) is 4.76. The zero-order chi connectivity index (χ0) is 20.5. The highest BCUT2D eigenvalue weighted by Gasteiger charge is 2.19. The number of nitrogens with zero attached hydrogens (tertiary/aromatic N) is 1. The number of ether oxygens (including phenoxy) is 1. The molecule has 3 aromatic carbocycles. The van der Waals surface area contributed by atoms with Gasteiger partial charge in [-0.05, 0) is 42.0 Å². The predicted molar refractivity (Wildman–Crippen MR) is 111 cm³/mol. The van der Waals surface area contributed by atoms with E-state index in [9.17, 15) is 20.0 Å². The second-order valence-corrected chi connectivity index (χ2v) is 6.52. The second-order valence-electron chi connectivity index (χ2n) is 6.52. The number of aromatic nitrogens is 1. The van der Waals surface area contributed by atoms with Crippen LogP contribution in [0.1, 0.15) is 5.56 Å². The maximum absolute atomic E-state index is 13.2. The minimum atomic E-state index is -0.516. The van der Waals surface area contributed by atoms with Gasteiger partial charge in [0.2, 0.25) is 0 Å². The molecule has 0 unspecified atom stereocenters. The molecule has 4 rings (SSSR count). The molecule has 1 heterocycles. The summed E-state index contributed by atoms with van der Waals surface area (Å²) >= 11 is 0. The molecule has 0 atom stereocenters. The molecule has 8 heteroatoms. The van der Waals surface area contributed by atoms with E-state index >= 15 is 0 Å². The molecule has 0 radical (unpaired) electrons. The summed E-state index contributed by atoms with van der Waals surface area (Å²) in [5.74, 6) is 0.679. The lowest BCUT2D eigenvalue weighted by molar-refractivity contribution is -0.383. The summed E-state index contributed by atoms with van der Waals surface area (Å²) in [6.45, 7) is 0.378. The molecule has 0 fully saturated rings. The number of nitro benzene ring substituents is 1. The Bertz CT molecular complexity index is 1300. The molecule has 0 amide bonds. The molecule has 0 spiro atoms. The molecule has 29 heavy (non-hydrogen) atoms. The van der Waals surface area contributed by atoms with Crippen LogP contribution < -0.4 is 15.5 Å². The van der Waals surface area contributed by atoms with E-state index in [1.54, 1.807) is 42.5 Å². The number of anilines is 1. The summed E-state index contributed by atoms with van der Waals surface area (Å²) < 4.78 is 5.20. The predicted octanol–water partition coefficient (Wildman–Crippen LogP) is 3.92. The van der Waals surface area contributed by atoms with Gasteiger partial charge in [-0.1, -0.05) is 12.1 Å². The molecule has 0 bridgehead atoms. The summed E-state index contributed by atoms with van der Waals surface area (Å²) in [6, 6.07) is 14.5. The number of benzene rings is 3. The molecule has 3 N–H and O–H groups in total. The van der Waals surface area contributed by atoms with Gasteiger partial charge in [-0.25, -0.2) is 0 Å². The van der Waals surface area contributed by atoms with Crippen molar-refractivity contribution in [2.24, 2.45) is 0 Å². The monoisotopic (exact) mass is 391 g/mol. The van der Waals surface area contributed by atoms with Crippen molar-refractivity contribution >= 4 is 33.2 Å². The number of fused-ring (bicyclic) bond motifs is 2. The smallest absolute Gasteiger partial charge is 0.293 e. The number of aromatic amines is 1. The van der Waals surface area contributed by atoms with E-state index in [1.807, 2.05) is 0 Å². The zero-order valence-electron chi connectivity index (χ0n) is 15.4. The summed E-state index contributed by atoms with van der Waals surface area (Å²) in [7, 11) is 1.51. The Morgan fingerprint density at radius 2 is 1.90 bits per heavy atom. The number of rotatable bonds is 5. The van der Waals surface area contributed by atoms with E-state index in [4.69, 9.17) is 4.74 Å². The summed E-state index contributed by atoms with van der Waals surface area (Å²) in [5, 5.41) is 24.7. The zero-order valence-corrected chi connectivity index (χ0v) is 15.4. The normalized spacial score (nSPS) is 10.9. The van der Waals surface area contributed by atoms with Gasteiger partial charge in [0.1, 0.15) is 17.0 Å². The van der Waals surface area contributed by atoms with Gasteiger partial charge in [0.25, 0.3) is 5.69 Å². The van der Waals surface area contributed by atoms with Gasteiger partial charge in [0.05, 0.1) is 22.9 Å². The summed E-state index contributed by atoms with van der Waals surface area (Å²) in [5.41, 5.74) is 1.50. The number of methoxy groups -OCH3 is 1. The first-order valence-corrected chi connectivity index (χ1v) is 8.81. The average molecular weight is 391 g/mol. The van der Waals surface area contributed by atoms with Crippen LogP contribution in [-0.4, -0.2) is 22.1 Å².